The summed E-state index contributed by atoms with van der Waals surface area (Å²) in [5, 5.41) is 0. The molecule has 1 unspecified atom stereocenters. The molecule has 0 spiro atoms. The van der Waals surface area contributed by atoms with Crippen molar-refractivity contribution in [1.82, 2.24) is 0 Å². The summed E-state index contributed by atoms with van der Waals surface area (Å²) in [6, 6.07) is 0.934. The monoisotopic (exact) mass is 238 g/mol. The van der Waals surface area contributed by atoms with Crippen LogP contribution in [-0.2, 0) is 13.3 Å². The molecule has 0 saturated carbocycles. The van der Waals surface area contributed by atoms with Crippen LogP contribution < -0.4 is 0 Å². The molecule has 3 nitrogen and oxygen atoms in total. The lowest BCUT2D eigenvalue weighted by Gasteiger charge is -2.24. The third kappa shape index (κ3) is 4.85. The maximum atomic E-state index is 5.35. The third-order valence-corrected chi connectivity index (χ3v) is 7.49. The van der Waals surface area contributed by atoms with Gasteiger partial charge in [0.1, 0.15) is 0 Å². The minimum atomic E-state index is -2.29. The first-order valence-electron chi connectivity index (χ1n) is 4.98. The van der Waals surface area contributed by atoms with E-state index in [-0.39, 0.29) is 7.92 Å². The van der Waals surface area contributed by atoms with Gasteiger partial charge in [-0.1, -0.05) is 6.92 Å². The molecule has 0 aromatic heterocycles. The van der Waals surface area contributed by atoms with Gasteiger partial charge in [-0.15, -0.1) is 7.92 Å². The van der Waals surface area contributed by atoms with Crippen LogP contribution in [0.3, 0.4) is 0 Å². The fraction of sp³-hybridized carbons (Fsp3) is 1.00. The van der Waals surface area contributed by atoms with Gasteiger partial charge < -0.3 is 13.3 Å². The molecule has 14 heavy (non-hydrogen) atoms. The van der Waals surface area contributed by atoms with Crippen LogP contribution in [0, 0.1) is 0 Å². The van der Waals surface area contributed by atoms with Gasteiger partial charge in [0.25, 0.3) is 0 Å². The predicted molar refractivity (Wildman–Crippen MR) is 64.5 cm³/mol. The van der Waals surface area contributed by atoms with Crippen molar-refractivity contribution in [2.24, 2.45) is 0 Å². The average molecular weight is 238 g/mol. The molecule has 5 heteroatoms. The summed E-state index contributed by atoms with van der Waals surface area (Å²) in [7, 11) is 2.95. The molecule has 0 aromatic carbocycles. The molecule has 0 rings (SSSR count). The summed E-state index contributed by atoms with van der Waals surface area (Å²) in [6.45, 7) is 4.59. The van der Waals surface area contributed by atoms with Crippen LogP contribution in [0.2, 0.25) is 6.04 Å². The first kappa shape index (κ1) is 14.5. The van der Waals surface area contributed by atoms with Crippen molar-refractivity contribution in [1.29, 1.82) is 0 Å². The van der Waals surface area contributed by atoms with Crippen molar-refractivity contribution in [2.75, 3.05) is 40.3 Å². The highest BCUT2D eigenvalue weighted by molar-refractivity contribution is 7.56. The van der Waals surface area contributed by atoms with E-state index in [4.69, 9.17) is 13.3 Å². The van der Waals surface area contributed by atoms with E-state index in [1.807, 2.05) is 0 Å². The van der Waals surface area contributed by atoms with Gasteiger partial charge in [-0.05, 0) is 25.4 Å². The molecule has 0 heterocycles. The summed E-state index contributed by atoms with van der Waals surface area (Å²) in [6.07, 6.45) is 3.74. The van der Waals surface area contributed by atoms with Gasteiger partial charge in [0.05, 0.1) is 0 Å². The second-order valence-electron chi connectivity index (χ2n) is 3.29. The minimum absolute atomic E-state index is 0.209. The smallest absolute Gasteiger partial charge is 0.377 e. The Labute approximate surface area is 90.3 Å². The number of rotatable bonds is 8. The van der Waals surface area contributed by atoms with E-state index in [0.29, 0.717) is 0 Å². The summed E-state index contributed by atoms with van der Waals surface area (Å²) in [5.41, 5.74) is 0. The van der Waals surface area contributed by atoms with Crippen LogP contribution in [0.25, 0.3) is 0 Å². The molecule has 0 aliphatic carbocycles. The first-order chi connectivity index (χ1) is 6.64. The summed E-state index contributed by atoms with van der Waals surface area (Å²) < 4.78 is 16.1. The third-order valence-electron chi connectivity index (χ3n) is 2.50. The predicted octanol–water partition coefficient (Wildman–Crippen LogP) is 2.39. The van der Waals surface area contributed by atoms with Crippen molar-refractivity contribution in [3.63, 3.8) is 0 Å². The van der Waals surface area contributed by atoms with Crippen molar-refractivity contribution in [2.45, 2.75) is 19.4 Å². The maximum Gasteiger partial charge on any atom is 0.500 e. The van der Waals surface area contributed by atoms with Crippen molar-refractivity contribution in [3.8, 4) is 0 Å². The molecular formula is C9H23O3PSi. The van der Waals surface area contributed by atoms with Crippen LogP contribution in [0.15, 0.2) is 0 Å². The van der Waals surface area contributed by atoms with Crippen LogP contribution in [0.5, 0.6) is 0 Å². The van der Waals surface area contributed by atoms with Crippen molar-refractivity contribution in [3.05, 3.63) is 0 Å². The van der Waals surface area contributed by atoms with E-state index in [1.165, 1.54) is 12.3 Å². The van der Waals surface area contributed by atoms with Crippen LogP contribution in [0.1, 0.15) is 13.3 Å². The summed E-state index contributed by atoms with van der Waals surface area (Å²) >= 11 is 0. The molecule has 0 aromatic rings. The SMILES string of the molecule is CCP(C)CCC[Si](OC)(OC)OC. The highest BCUT2D eigenvalue weighted by Crippen LogP contribution is 2.31. The topological polar surface area (TPSA) is 27.7 Å². The van der Waals surface area contributed by atoms with E-state index < -0.39 is 8.80 Å². The summed E-state index contributed by atoms with van der Waals surface area (Å²) in [5.74, 6) is 0. The van der Waals surface area contributed by atoms with E-state index in [1.54, 1.807) is 21.3 Å². The molecular weight excluding hydrogens is 215 g/mol. The standard InChI is InChI=1S/C9H23O3PSi/c1-6-13(5)8-7-9-14(10-2,11-3)12-4/h6-9H2,1-5H3. The lowest BCUT2D eigenvalue weighted by Crippen LogP contribution is -2.42. The van der Waals surface area contributed by atoms with Gasteiger partial charge in [-0.3, -0.25) is 0 Å². The van der Waals surface area contributed by atoms with Gasteiger partial charge in [0.2, 0.25) is 0 Å². The van der Waals surface area contributed by atoms with E-state index >= 15 is 0 Å². The molecule has 0 aliphatic rings. The number of hydrogen-bond acceptors (Lipinski definition) is 3. The van der Waals surface area contributed by atoms with Gasteiger partial charge in [0.15, 0.2) is 0 Å². The fourth-order valence-corrected chi connectivity index (χ4v) is 4.31. The van der Waals surface area contributed by atoms with Crippen LogP contribution in [0.4, 0.5) is 0 Å². The average Bonchev–Trinajstić information content (AvgIpc) is 2.25. The Balaban J connectivity index is 3.82. The minimum Gasteiger partial charge on any atom is -0.377 e. The molecule has 0 bridgehead atoms. The van der Waals surface area contributed by atoms with Crippen molar-refractivity contribution >= 4 is 16.7 Å². The van der Waals surface area contributed by atoms with E-state index in [9.17, 15) is 0 Å². The molecule has 0 amide bonds. The lowest BCUT2D eigenvalue weighted by atomic mass is 10.6. The Bertz CT molecular complexity index is 134. The second-order valence-corrected chi connectivity index (χ2v) is 9.18. The maximum absolute atomic E-state index is 5.35. The number of hydrogen-bond donors (Lipinski definition) is 0. The zero-order valence-electron chi connectivity index (χ0n) is 10.0. The van der Waals surface area contributed by atoms with Crippen molar-refractivity contribution < 1.29 is 13.3 Å². The Morgan fingerprint density at radius 2 is 1.57 bits per heavy atom. The molecule has 0 fully saturated rings. The molecule has 86 valence electrons. The quantitative estimate of drug-likeness (QED) is 0.480. The van der Waals surface area contributed by atoms with E-state index in [0.717, 1.165) is 12.5 Å². The van der Waals surface area contributed by atoms with Gasteiger partial charge >= 0.3 is 8.80 Å². The van der Waals surface area contributed by atoms with Crippen LogP contribution in [-0.4, -0.2) is 49.1 Å². The fourth-order valence-electron chi connectivity index (χ4n) is 1.28. The first-order valence-corrected chi connectivity index (χ1v) is 9.07. The zero-order chi connectivity index (χ0) is 11.0. The van der Waals surface area contributed by atoms with Gasteiger partial charge in [-0.25, -0.2) is 0 Å². The van der Waals surface area contributed by atoms with Gasteiger partial charge in [0, 0.05) is 27.4 Å². The Kier molecular flexibility index (Phi) is 8.06. The second kappa shape index (κ2) is 7.77. The molecule has 0 N–H and O–H groups in total. The van der Waals surface area contributed by atoms with Crippen LogP contribution >= 0.6 is 7.92 Å². The molecule has 1 atom stereocenters. The lowest BCUT2D eigenvalue weighted by molar-refractivity contribution is 0.123. The largest absolute Gasteiger partial charge is 0.500 e. The normalized spacial score (nSPS) is 14.4. The highest BCUT2D eigenvalue weighted by Gasteiger charge is 2.36. The highest BCUT2D eigenvalue weighted by atomic mass is 31.1. The van der Waals surface area contributed by atoms with Gasteiger partial charge in [-0.2, -0.15) is 0 Å². The molecule has 0 radical (unpaired) electrons. The van der Waals surface area contributed by atoms with E-state index in [2.05, 4.69) is 13.6 Å². The Morgan fingerprint density at radius 1 is 1.07 bits per heavy atom. The Hall–Kier alpha value is 0.527. The molecule has 0 saturated heterocycles. The Morgan fingerprint density at radius 3 is 1.93 bits per heavy atom. The zero-order valence-corrected chi connectivity index (χ0v) is 11.9. The summed E-state index contributed by atoms with van der Waals surface area (Å²) in [4.78, 5) is 0. The molecule has 0 aliphatic heterocycles.